The number of azide groups is 1. The van der Waals surface area contributed by atoms with E-state index < -0.39 is 56.4 Å². The first-order chi connectivity index (χ1) is 11.2. The molecule has 0 aliphatic heterocycles. The van der Waals surface area contributed by atoms with Crippen molar-refractivity contribution >= 4 is 21.6 Å². The second-order valence-electron chi connectivity index (χ2n) is 4.17. The number of ketones is 1. The minimum absolute atomic E-state index is 0.144. The predicted molar refractivity (Wildman–Crippen MR) is 72.7 cm³/mol. The van der Waals surface area contributed by atoms with E-state index in [4.69, 9.17) is 5.53 Å². The zero-order valence-electron chi connectivity index (χ0n) is 11.8. The van der Waals surface area contributed by atoms with Crippen molar-refractivity contribution in [1.82, 2.24) is 0 Å². The number of hydrogen-bond donors (Lipinski definition) is 0. The van der Waals surface area contributed by atoms with Crippen LogP contribution >= 0.6 is 0 Å². The molecule has 7 nitrogen and oxygen atoms in total. The van der Waals surface area contributed by atoms with E-state index in [9.17, 15) is 30.8 Å². The standard InChI is InChI=1S/C12H9F4N3O4S/c1-2-6(20)4-3-5-23-24(21,22)12-9(15)7(13)11(18-19-17)8(14)10(12)16/h2H,1,3-5H2. The summed E-state index contributed by atoms with van der Waals surface area (Å²) in [5.41, 5.74) is 6.44. The number of hydrogen-bond acceptors (Lipinski definition) is 5. The Labute approximate surface area is 133 Å². The molecule has 0 spiro atoms. The highest BCUT2D eigenvalue weighted by Gasteiger charge is 2.33. The molecule has 0 bridgehead atoms. The maximum absolute atomic E-state index is 13.7. The zero-order chi connectivity index (χ0) is 18.5. The molecule has 130 valence electrons. The summed E-state index contributed by atoms with van der Waals surface area (Å²) in [6.07, 6.45) is 0.685. The van der Waals surface area contributed by atoms with E-state index in [1.807, 2.05) is 4.91 Å². The van der Waals surface area contributed by atoms with Gasteiger partial charge in [0.05, 0.1) is 6.61 Å². The van der Waals surface area contributed by atoms with Crippen LogP contribution in [0.3, 0.4) is 0 Å². The maximum Gasteiger partial charge on any atom is 0.303 e. The van der Waals surface area contributed by atoms with E-state index in [1.165, 1.54) is 0 Å². The lowest BCUT2D eigenvalue weighted by molar-refractivity contribution is -0.114. The van der Waals surface area contributed by atoms with Crippen molar-refractivity contribution in [1.29, 1.82) is 0 Å². The van der Waals surface area contributed by atoms with Gasteiger partial charge in [-0.05, 0) is 18.0 Å². The lowest BCUT2D eigenvalue weighted by atomic mass is 10.2. The topological polar surface area (TPSA) is 109 Å². The molecule has 0 fully saturated rings. The largest absolute Gasteiger partial charge is 0.303 e. The minimum atomic E-state index is -5.20. The molecule has 0 radical (unpaired) electrons. The third-order valence-electron chi connectivity index (χ3n) is 2.63. The molecule has 0 aromatic heterocycles. The van der Waals surface area contributed by atoms with Crippen LogP contribution in [0.2, 0.25) is 0 Å². The molecule has 0 aliphatic carbocycles. The van der Waals surface area contributed by atoms with Crippen molar-refractivity contribution in [2.24, 2.45) is 5.11 Å². The highest BCUT2D eigenvalue weighted by atomic mass is 32.2. The van der Waals surface area contributed by atoms with Gasteiger partial charge in [0, 0.05) is 11.3 Å². The first-order valence-corrected chi connectivity index (χ1v) is 7.54. The summed E-state index contributed by atoms with van der Waals surface area (Å²) in [5, 5.41) is 2.42. The lowest BCUT2D eigenvalue weighted by Crippen LogP contribution is -2.15. The number of halogens is 4. The molecule has 1 aromatic carbocycles. The van der Waals surface area contributed by atoms with Crippen LogP contribution in [0.4, 0.5) is 23.2 Å². The first kappa shape index (κ1) is 19.6. The Bertz CT molecular complexity index is 806. The highest BCUT2D eigenvalue weighted by Crippen LogP contribution is 2.33. The number of carbonyl (C=O) groups is 1. The molecule has 12 heteroatoms. The second kappa shape index (κ2) is 7.90. The molecule has 0 heterocycles. The number of allylic oxidation sites excluding steroid dienone is 1. The van der Waals surface area contributed by atoms with E-state index >= 15 is 0 Å². The van der Waals surface area contributed by atoms with Crippen molar-refractivity contribution in [3.8, 4) is 0 Å². The van der Waals surface area contributed by atoms with Gasteiger partial charge >= 0.3 is 10.1 Å². The molecule has 0 unspecified atom stereocenters. The average Bonchev–Trinajstić information content (AvgIpc) is 2.53. The normalized spacial score (nSPS) is 11.0. The molecule has 0 amide bonds. The van der Waals surface area contributed by atoms with Crippen LogP contribution in [-0.2, 0) is 19.1 Å². The number of nitrogens with zero attached hydrogens (tertiary/aromatic N) is 3. The van der Waals surface area contributed by atoms with Crippen LogP contribution in [-0.4, -0.2) is 20.8 Å². The minimum Gasteiger partial charge on any atom is -0.295 e. The Balaban J connectivity index is 3.19. The van der Waals surface area contributed by atoms with Crippen molar-refractivity contribution < 1.29 is 35.0 Å². The third-order valence-corrected chi connectivity index (χ3v) is 3.96. The van der Waals surface area contributed by atoms with Crippen LogP contribution < -0.4 is 0 Å². The molecule has 1 aromatic rings. The average molecular weight is 367 g/mol. The quantitative estimate of drug-likeness (QED) is 0.102. The van der Waals surface area contributed by atoms with Gasteiger partial charge in [0.25, 0.3) is 0 Å². The summed E-state index contributed by atoms with van der Waals surface area (Å²) in [6, 6.07) is 0. The highest BCUT2D eigenvalue weighted by molar-refractivity contribution is 7.86. The monoisotopic (exact) mass is 367 g/mol. The van der Waals surface area contributed by atoms with E-state index in [1.54, 1.807) is 0 Å². The SMILES string of the molecule is C=CC(=O)CCCOS(=O)(=O)c1c(F)c(F)c(N=[N+]=[N-])c(F)c1F. The molecule has 0 saturated heterocycles. The van der Waals surface area contributed by atoms with Gasteiger partial charge in [-0.2, -0.15) is 8.42 Å². The van der Waals surface area contributed by atoms with Crippen LogP contribution in [0.25, 0.3) is 10.4 Å². The summed E-state index contributed by atoms with van der Waals surface area (Å²) >= 11 is 0. The van der Waals surface area contributed by atoms with Crippen LogP contribution in [0.1, 0.15) is 12.8 Å². The smallest absolute Gasteiger partial charge is 0.295 e. The second-order valence-corrected chi connectivity index (χ2v) is 5.73. The summed E-state index contributed by atoms with van der Waals surface area (Å²) < 4.78 is 82.2. The Hall–Kier alpha value is -2.43. The summed E-state index contributed by atoms with van der Waals surface area (Å²) in [5.74, 6) is -9.38. The Morgan fingerprint density at radius 2 is 1.75 bits per heavy atom. The fourth-order valence-electron chi connectivity index (χ4n) is 1.53. The van der Waals surface area contributed by atoms with E-state index in [-0.39, 0.29) is 12.8 Å². The summed E-state index contributed by atoms with van der Waals surface area (Å²) in [7, 11) is -5.20. The van der Waals surface area contributed by atoms with Gasteiger partial charge in [0.1, 0.15) is 5.69 Å². The number of rotatable bonds is 8. The van der Waals surface area contributed by atoms with Crippen molar-refractivity contribution in [2.45, 2.75) is 17.7 Å². The fraction of sp³-hybridized carbons (Fsp3) is 0.250. The van der Waals surface area contributed by atoms with Gasteiger partial charge in [0.2, 0.25) is 0 Å². The third kappa shape index (κ3) is 4.10. The molecule has 0 aliphatic rings. The van der Waals surface area contributed by atoms with E-state index in [0.29, 0.717) is 0 Å². The molecule has 24 heavy (non-hydrogen) atoms. The van der Waals surface area contributed by atoms with E-state index in [0.717, 1.165) is 6.08 Å². The Morgan fingerprint density at radius 1 is 1.21 bits per heavy atom. The Morgan fingerprint density at radius 3 is 2.21 bits per heavy atom. The molecule has 1 rings (SSSR count). The predicted octanol–water partition coefficient (Wildman–Crippen LogP) is 3.43. The number of benzene rings is 1. The van der Waals surface area contributed by atoms with Gasteiger partial charge in [-0.3, -0.25) is 8.98 Å². The molecule has 0 N–H and O–H groups in total. The molecular formula is C12H9F4N3O4S. The van der Waals surface area contributed by atoms with Crippen molar-refractivity contribution in [3.05, 3.63) is 46.4 Å². The van der Waals surface area contributed by atoms with Gasteiger partial charge < -0.3 is 0 Å². The molecular weight excluding hydrogens is 358 g/mol. The van der Waals surface area contributed by atoms with Gasteiger partial charge in [0.15, 0.2) is 33.9 Å². The van der Waals surface area contributed by atoms with Crippen LogP contribution in [0, 0.1) is 23.3 Å². The number of carbonyl (C=O) groups excluding carboxylic acids is 1. The van der Waals surface area contributed by atoms with Crippen LogP contribution in [0.5, 0.6) is 0 Å². The molecule has 0 saturated carbocycles. The Kier molecular flexibility index (Phi) is 6.46. The zero-order valence-corrected chi connectivity index (χ0v) is 12.6. The van der Waals surface area contributed by atoms with Crippen molar-refractivity contribution in [3.63, 3.8) is 0 Å². The van der Waals surface area contributed by atoms with Crippen LogP contribution in [0.15, 0.2) is 22.7 Å². The van der Waals surface area contributed by atoms with Crippen molar-refractivity contribution in [2.75, 3.05) is 6.61 Å². The summed E-state index contributed by atoms with van der Waals surface area (Å²) in [4.78, 5) is 10.9. The van der Waals surface area contributed by atoms with E-state index in [2.05, 4.69) is 15.9 Å². The lowest BCUT2D eigenvalue weighted by Gasteiger charge is -2.10. The maximum atomic E-state index is 13.7. The first-order valence-electron chi connectivity index (χ1n) is 6.13. The van der Waals surface area contributed by atoms with Gasteiger partial charge in [-0.15, -0.1) is 0 Å². The van der Waals surface area contributed by atoms with Gasteiger partial charge in [-0.25, -0.2) is 17.6 Å². The summed E-state index contributed by atoms with van der Waals surface area (Å²) in [6.45, 7) is 2.51. The fourth-order valence-corrected chi connectivity index (χ4v) is 2.60. The molecule has 0 atom stereocenters. The van der Waals surface area contributed by atoms with Gasteiger partial charge in [-0.1, -0.05) is 11.7 Å².